The standard InChI is InChI=1S/C19H22N6O2/c1-26-12-16-23-17(27-25-16)8-10-21-19-14-7-9-20-11-15(14)22-18(24-19)13-5-3-2-4-6-13/h2-6,20H,7-12H2,1H3,(H,21,22,24). The number of anilines is 1. The van der Waals surface area contributed by atoms with Crippen LogP contribution in [0.2, 0.25) is 0 Å². The van der Waals surface area contributed by atoms with Gasteiger partial charge in [-0.05, 0) is 13.0 Å². The van der Waals surface area contributed by atoms with E-state index in [0.29, 0.717) is 31.3 Å². The molecule has 8 nitrogen and oxygen atoms in total. The van der Waals surface area contributed by atoms with Gasteiger partial charge in [-0.1, -0.05) is 35.5 Å². The van der Waals surface area contributed by atoms with E-state index in [0.717, 1.165) is 42.4 Å². The molecule has 0 saturated carbocycles. The highest BCUT2D eigenvalue weighted by atomic mass is 16.5. The van der Waals surface area contributed by atoms with Crippen molar-refractivity contribution in [1.82, 2.24) is 25.4 Å². The molecule has 4 rings (SSSR count). The summed E-state index contributed by atoms with van der Waals surface area (Å²) in [5.41, 5.74) is 3.24. The molecule has 0 aliphatic carbocycles. The fourth-order valence-corrected chi connectivity index (χ4v) is 3.09. The van der Waals surface area contributed by atoms with Gasteiger partial charge in [-0.3, -0.25) is 0 Å². The zero-order valence-corrected chi connectivity index (χ0v) is 15.2. The molecule has 1 aromatic carbocycles. The number of rotatable bonds is 7. The van der Waals surface area contributed by atoms with Gasteiger partial charge in [-0.2, -0.15) is 4.98 Å². The summed E-state index contributed by atoms with van der Waals surface area (Å²) in [6.07, 6.45) is 1.53. The average Bonchev–Trinajstić information content (AvgIpc) is 3.16. The van der Waals surface area contributed by atoms with Crippen LogP contribution in [0.4, 0.5) is 5.82 Å². The SMILES string of the molecule is COCc1noc(CCNc2nc(-c3ccccc3)nc3c2CCNC3)n1. The van der Waals surface area contributed by atoms with Crippen LogP contribution in [0.25, 0.3) is 11.4 Å². The predicted octanol–water partition coefficient (Wildman–Crippen LogP) is 1.97. The molecule has 8 heteroatoms. The lowest BCUT2D eigenvalue weighted by Crippen LogP contribution is -2.27. The summed E-state index contributed by atoms with van der Waals surface area (Å²) in [6.45, 7) is 2.69. The van der Waals surface area contributed by atoms with Crippen LogP contribution in [0.15, 0.2) is 34.9 Å². The van der Waals surface area contributed by atoms with E-state index in [2.05, 4.69) is 20.8 Å². The molecule has 0 amide bonds. The molecule has 1 aliphatic heterocycles. The second-order valence-electron chi connectivity index (χ2n) is 6.33. The van der Waals surface area contributed by atoms with Crippen LogP contribution in [0.5, 0.6) is 0 Å². The number of nitrogens with one attached hydrogen (secondary N) is 2. The number of methoxy groups -OCH3 is 1. The van der Waals surface area contributed by atoms with Crippen LogP contribution < -0.4 is 10.6 Å². The van der Waals surface area contributed by atoms with Gasteiger partial charge in [0.15, 0.2) is 11.6 Å². The maximum absolute atomic E-state index is 5.24. The molecule has 2 aromatic heterocycles. The lowest BCUT2D eigenvalue weighted by atomic mass is 10.1. The molecule has 0 saturated heterocycles. The summed E-state index contributed by atoms with van der Waals surface area (Å²) >= 11 is 0. The van der Waals surface area contributed by atoms with E-state index in [4.69, 9.17) is 19.2 Å². The molecule has 3 heterocycles. The molecule has 0 unspecified atom stereocenters. The maximum Gasteiger partial charge on any atom is 0.228 e. The lowest BCUT2D eigenvalue weighted by molar-refractivity contribution is 0.174. The Hall–Kier alpha value is -2.84. The van der Waals surface area contributed by atoms with Gasteiger partial charge in [0.2, 0.25) is 5.89 Å². The van der Waals surface area contributed by atoms with Crippen molar-refractivity contribution < 1.29 is 9.26 Å². The van der Waals surface area contributed by atoms with Gasteiger partial charge < -0.3 is 19.9 Å². The van der Waals surface area contributed by atoms with Gasteiger partial charge in [0.1, 0.15) is 12.4 Å². The Bertz CT molecular complexity index is 896. The molecule has 0 spiro atoms. The van der Waals surface area contributed by atoms with Crippen LogP contribution in [0.3, 0.4) is 0 Å². The van der Waals surface area contributed by atoms with Crippen molar-refractivity contribution in [3.05, 3.63) is 53.3 Å². The predicted molar refractivity (Wildman–Crippen MR) is 100 cm³/mol. The minimum atomic E-state index is 0.351. The molecular formula is C19H22N6O2. The van der Waals surface area contributed by atoms with Gasteiger partial charge in [0.05, 0.1) is 5.69 Å². The lowest BCUT2D eigenvalue weighted by Gasteiger charge is -2.20. The Kier molecular flexibility index (Phi) is 5.36. The van der Waals surface area contributed by atoms with E-state index in [9.17, 15) is 0 Å². The molecule has 3 aromatic rings. The van der Waals surface area contributed by atoms with E-state index in [-0.39, 0.29) is 0 Å². The van der Waals surface area contributed by atoms with Crippen molar-refractivity contribution in [2.24, 2.45) is 0 Å². The minimum Gasteiger partial charge on any atom is -0.377 e. The Morgan fingerprint density at radius 3 is 2.93 bits per heavy atom. The fraction of sp³-hybridized carbons (Fsp3) is 0.368. The third-order valence-corrected chi connectivity index (χ3v) is 4.38. The third kappa shape index (κ3) is 4.12. The van der Waals surface area contributed by atoms with E-state index in [1.165, 1.54) is 5.56 Å². The third-order valence-electron chi connectivity index (χ3n) is 4.38. The molecule has 0 fully saturated rings. The first-order chi connectivity index (χ1) is 13.3. The van der Waals surface area contributed by atoms with Gasteiger partial charge in [0.25, 0.3) is 0 Å². The largest absolute Gasteiger partial charge is 0.377 e. The van der Waals surface area contributed by atoms with Gasteiger partial charge in [0, 0.05) is 37.7 Å². The van der Waals surface area contributed by atoms with Crippen molar-refractivity contribution in [2.45, 2.75) is 26.0 Å². The highest BCUT2D eigenvalue weighted by Gasteiger charge is 2.18. The Labute approximate surface area is 157 Å². The van der Waals surface area contributed by atoms with Gasteiger partial charge in [-0.15, -0.1) is 0 Å². The molecule has 1 aliphatic rings. The molecule has 0 bridgehead atoms. The zero-order valence-electron chi connectivity index (χ0n) is 15.2. The van der Waals surface area contributed by atoms with Crippen LogP contribution in [-0.4, -0.2) is 40.3 Å². The second kappa shape index (κ2) is 8.24. The number of hydrogen-bond acceptors (Lipinski definition) is 8. The van der Waals surface area contributed by atoms with Crippen LogP contribution in [0.1, 0.15) is 23.0 Å². The number of fused-ring (bicyclic) bond motifs is 1. The Morgan fingerprint density at radius 1 is 1.19 bits per heavy atom. The van der Waals surface area contributed by atoms with Crippen LogP contribution in [-0.2, 0) is 30.7 Å². The summed E-state index contributed by atoms with van der Waals surface area (Å²) in [5.74, 6) is 2.77. The molecule has 0 radical (unpaired) electrons. The summed E-state index contributed by atoms with van der Waals surface area (Å²) in [6, 6.07) is 10.0. The fourth-order valence-electron chi connectivity index (χ4n) is 3.09. The first-order valence-corrected chi connectivity index (χ1v) is 9.03. The quantitative estimate of drug-likeness (QED) is 0.655. The van der Waals surface area contributed by atoms with Crippen molar-refractivity contribution in [3.8, 4) is 11.4 Å². The number of ether oxygens (including phenoxy) is 1. The zero-order chi connectivity index (χ0) is 18.5. The van der Waals surface area contributed by atoms with Gasteiger partial charge in [-0.25, -0.2) is 9.97 Å². The van der Waals surface area contributed by atoms with E-state index in [1.807, 2.05) is 30.3 Å². The number of nitrogens with zero attached hydrogens (tertiary/aromatic N) is 4. The molecule has 0 atom stereocenters. The smallest absolute Gasteiger partial charge is 0.228 e. The summed E-state index contributed by atoms with van der Waals surface area (Å²) in [7, 11) is 1.61. The molecule has 140 valence electrons. The second-order valence-corrected chi connectivity index (χ2v) is 6.33. The van der Waals surface area contributed by atoms with Crippen LogP contribution in [0, 0.1) is 0 Å². The molecular weight excluding hydrogens is 344 g/mol. The van der Waals surface area contributed by atoms with E-state index >= 15 is 0 Å². The minimum absolute atomic E-state index is 0.351. The monoisotopic (exact) mass is 366 g/mol. The van der Waals surface area contributed by atoms with Crippen molar-refractivity contribution in [1.29, 1.82) is 0 Å². The van der Waals surface area contributed by atoms with Crippen molar-refractivity contribution >= 4 is 5.82 Å². The Balaban J connectivity index is 1.52. The highest BCUT2D eigenvalue weighted by molar-refractivity contribution is 5.60. The average molecular weight is 366 g/mol. The molecule has 27 heavy (non-hydrogen) atoms. The first-order valence-electron chi connectivity index (χ1n) is 9.03. The topological polar surface area (TPSA) is 98.0 Å². The number of aromatic nitrogens is 4. The Morgan fingerprint density at radius 2 is 2.07 bits per heavy atom. The van der Waals surface area contributed by atoms with E-state index in [1.54, 1.807) is 7.11 Å². The maximum atomic E-state index is 5.24. The van der Waals surface area contributed by atoms with Crippen molar-refractivity contribution in [3.63, 3.8) is 0 Å². The van der Waals surface area contributed by atoms with E-state index < -0.39 is 0 Å². The van der Waals surface area contributed by atoms with Crippen LogP contribution >= 0.6 is 0 Å². The van der Waals surface area contributed by atoms with Gasteiger partial charge >= 0.3 is 0 Å². The number of hydrogen-bond donors (Lipinski definition) is 2. The summed E-state index contributed by atoms with van der Waals surface area (Å²) in [5, 5.41) is 10.7. The van der Waals surface area contributed by atoms with Crippen molar-refractivity contribution in [2.75, 3.05) is 25.5 Å². The first kappa shape index (κ1) is 17.6. The normalized spacial score (nSPS) is 13.4. The molecule has 2 N–H and O–H groups in total. The summed E-state index contributed by atoms with van der Waals surface area (Å²) < 4.78 is 10.2. The highest BCUT2D eigenvalue weighted by Crippen LogP contribution is 2.24. The summed E-state index contributed by atoms with van der Waals surface area (Å²) in [4.78, 5) is 13.8. The number of benzene rings is 1.